The van der Waals surface area contributed by atoms with Crippen LogP contribution in [0.4, 0.5) is 5.69 Å². The van der Waals surface area contributed by atoms with Gasteiger partial charge in [0.2, 0.25) is 0 Å². The van der Waals surface area contributed by atoms with E-state index in [0.29, 0.717) is 18.2 Å². The first-order chi connectivity index (χ1) is 9.60. The van der Waals surface area contributed by atoms with Crippen LogP contribution in [-0.2, 0) is 6.54 Å². The Morgan fingerprint density at radius 1 is 1.60 bits per heavy atom. The Labute approximate surface area is 123 Å². The molecular weight excluding hydrogens is 280 g/mol. The molecule has 1 fully saturated rings. The molecule has 112 valence electrons. The second-order valence-electron chi connectivity index (χ2n) is 5.21. The van der Waals surface area contributed by atoms with E-state index in [1.165, 1.54) is 4.68 Å². The van der Waals surface area contributed by atoms with Gasteiger partial charge in [0.05, 0.1) is 25.0 Å². The molecule has 0 aromatic carbocycles. The monoisotopic (exact) mass is 300 g/mol. The normalized spacial score (nSPS) is 23.1. The van der Waals surface area contributed by atoms with Gasteiger partial charge in [0.25, 0.3) is 5.56 Å². The number of halogens is 1. The zero-order valence-corrected chi connectivity index (χ0v) is 12.4. The number of hydrogen-bond acceptors (Lipinski definition) is 5. The van der Waals surface area contributed by atoms with Crippen molar-refractivity contribution in [3.63, 3.8) is 0 Å². The molecule has 2 unspecified atom stereocenters. The van der Waals surface area contributed by atoms with Crippen molar-refractivity contribution in [1.82, 2.24) is 9.78 Å². The molecule has 1 aromatic rings. The summed E-state index contributed by atoms with van der Waals surface area (Å²) in [5.74, 6) is 0.463. The van der Waals surface area contributed by atoms with E-state index in [4.69, 9.17) is 22.4 Å². The van der Waals surface area contributed by atoms with E-state index in [1.54, 1.807) is 6.20 Å². The molecule has 1 aliphatic heterocycles. The van der Waals surface area contributed by atoms with Crippen molar-refractivity contribution >= 4 is 17.3 Å². The van der Waals surface area contributed by atoms with Crippen LogP contribution in [0.25, 0.3) is 0 Å². The second kappa shape index (κ2) is 6.56. The van der Waals surface area contributed by atoms with Gasteiger partial charge in [-0.25, -0.2) is 4.68 Å². The summed E-state index contributed by atoms with van der Waals surface area (Å²) in [4.78, 5) is 14.2. The molecule has 3 N–H and O–H groups in total. The number of rotatable bonds is 4. The van der Waals surface area contributed by atoms with Crippen LogP contribution >= 0.6 is 11.6 Å². The van der Waals surface area contributed by atoms with Crippen molar-refractivity contribution < 1.29 is 5.11 Å². The molecule has 0 amide bonds. The minimum absolute atomic E-state index is 0.144. The highest BCUT2D eigenvalue weighted by Gasteiger charge is 2.29. The second-order valence-corrected chi connectivity index (χ2v) is 5.59. The number of aliphatic hydroxyl groups excluding tert-OH is 1. The van der Waals surface area contributed by atoms with E-state index < -0.39 is 0 Å². The van der Waals surface area contributed by atoms with E-state index >= 15 is 0 Å². The summed E-state index contributed by atoms with van der Waals surface area (Å²) in [7, 11) is 0. The third kappa shape index (κ3) is 2.82. The molecule has 1 aromatic heterocycles. The molecular formula is C13H21ClN4O2. The Morgan fingerprint density at radius 2 is 2.35 bits per heavy atom. The van der Waals surface area contributed by atoms with E-state index in [2.05, 4.69) is 16.9 Å². The third-order valence-corrected chi connectivity index (χ3v) is 4.30. The summed E-state index contributed by atoms with van der Waals surface area (Å²) in [6.45, 7) is 3.52. The molecule has 2 atom stereocenters. The van der Waals surface area contributed by atoms with Crippen LogP contribution in [0.1, 0.15) is 19.8 Å². The number of anilines is 1. The number of aromatic nitrogens is 2. The summed E-state index contributed by atoms with van der Waals surface area (Å²) in [6.07, 6.45) is 3.78. The van der Waals surface area contributed by atoms with Gasteiger partial charge in [0.15, 0.2) is 0 Å². The predicted octanol–water partition coefficient (Wildman–Crippen LogP) is 0.453. The Morgan fingerprint density at radius 3 is 3.00 bits per heavy atom. The van der Waals surface area contributed by atoms with Crippen molar-refractivity contribution in [1.29, 1.82) is 0 Å². The number of nitrogens with two attached hydrogens (primary N) is 1. The molecule has 0 spiro atoms. The van der Waals surface area contributed by atoms with Gasteiger partial charge in [0, 0.05) is 19.1 Å². The van der Waals surface area contributed by atoms with Crippen molar-refractivity contribution in [3.8, 4) is 0 Å². The summed E-state index contributed by atoms with van der Waals surface area (Å²) in [6, 6.07) is 0.177. The molecule has 20 heavy (non-hydrogen) atoms. The lowest BCUT2D eigenvalue weighted by Gasteiger charge is -2.41. The van der Waals surface area contributed by atoms with Crippen LogP contribution in [0.5, 0.6) is 0 Å². The van der Waals surface area contributed by atoms with Gasteiger partial charge < -0.3 is 15.7 Å². The average Bonchev–Trinajstić information content (AvgIpc) is 2.44. The molecule has 1 saturated heterocycles. The average molecular weight is 301 g/mol. The lowest BCUT2D eigenvalue weighted by Crippen LogP contribution is -2.49. The molecule has 2 rings (SSSR count). The first-order valence-electron chi connectivity index (χ1n) is 6.93. The highest BCUT2D eigenvalue weighted by Crippen LogP contribution is 2.30. The van der Waals surface area contributed by atoms with Gasteiger partial charge >= 0.3 is 0 Å². The maximum atomic E-state index is 12.1. The highest BCUT2D eigenvalue weighted by molar-refractivity contribution is 6.33. The minimum atomic E-state index is -0.368. The first-order valence-corrected chi connectivity index (χ1v) is 7.31. The molecule has 7 heteroatoms. The third-order valence-electron chi connectivity index (χ3n) is 3.94. The maximum Gasteiger partial charge on any atom is 0.287 e. The zero-order valence-electron chi connectivity index (χ0n) is 11.6. The summed E-state index contributed by atoms with van der Waals surface area (Å²) < 4.78 is 1.18. The summed E-state index contributed by atoms with van der Waals surface area (Å²) in [5.41, 5.74) is 6.14. The Kier molecular flexibility index (Phi) is 5.01. The number of hydrogen-bond donors (Lipinski definition) is 2. The SMILES string of the molecule is CC1CCCN(c2cnn(CCO)c(=O)c2Cl)C1CN. The molecule has 0 saturated carbocycles. The van der Waals surface area contributed by atoms with Crippen molar-refractivity contribution in [2.45, 2.75) is 32.4 Å². The van der Waals surface area contributed by atoms with Gasteiger partial charge in [-0.05, 0) is 18.8 Å². The maximum absolute atomic E-state index is 12.1. The van der Waals surface area contributed by atoms with Gasteiger partial charge in [0.1, 0.15) is 5.02 Å². The Hall–Kier alpha value is -1.11. The van der Waals surface area contributed by atoms with Crippen molar-refractivity contribution in [2.75, 3.05) is 24.6 Å². The number of nitrogens with zero attached hydrogens (tertiary/aromatic N) is 3. The smallest absolute Gasteiger partial charge is 0.287 e. The van der Waals surface area contributed by atoms with Crippen LogP contribution < -0.4 is 16.2 Å². The number of piperidine rings is 1. The minimum Gasteiger partial charge on any atom is -0.394 e. The number of aliphatic hydroxyl groups is 1. The lowest BCUT2D eigenvalue weighted by atomic mass is 9.90. The molecule has 0 radical (unpaired) electrons. The Balaban J connectivity index is 2.37. The quantitative estimate of drug-likeness (QED) is 0.843. The van der Waals surface area contributed by atoms with Crippen LogP contribution in [-0.4, -0.2) is 40.6 Å². The van der Waals surface area contributed by atoms with Gasteiger partial charge in [-0.1, -0.05) is 18.5 Å². The van der Waals surface area contributed by atoms with E-state index in [1.807, 2.05) is 0 Å². The van der Waals surface area contributed by atoms with Crippen LogP contribution in [0, 0.1) is 5.92 Å². The van der Waals surface area contributed by atoms with E-state index in [9.17, 15) is 4.79 Å². The van der Waals surface area contributed by atoms with Gasteiger partial charge in [-0.2, -0.15) is 5.10 Å². The fraction of sp³-hybridized carbons (Fsp3) is 0.692. The van der Waals surface area contributed by atoms with E-state index in [-0.39, 0.29) is 29.8 Å². The van der Waals surface area contributed by atoms with Crippen LogP contribution in [0.2, 0.25) is 5.02 Å². The van der Waals surface area contributed by atoms with Gasteiger partial charge in [-0.3, -0.25) is 4.79 Å². The van der Waals surface area contributed by atoms with Crippen LogP contribution in [0.15, 0.2) is 11.0 Å². The molecule has 6 nitrogen and oxygen atoms in total. The summed E-state index contributed by atoms with van der Waals surface area (Å²) in [5, 5.41) is 13.1. The Bertz CT molecular complexity index is 520. The molecule has 2 heterocycles. The van der Waals surface area contributed by atoms with E-state index in [0.717, 1.165) is 19.4 Å². The zero-order chi connectivity index (χ0) is 14.7. The molecule has 0 bridgehead atoms. The summed E-state index contributed by atoms with van der Waals surface area (Å²) >= 11 is 6.20. The van der Waals surface area contributed by atoms with Gasteiger partial charge in [-0.15, -0.1) is 0 Å². The standard InChI is InChI=1S/C13H21ClN4O2/c1-9-3-2-4-17(10(9)7-15)11-8-16-18(5-6-19)13(20)12(11)14/h8-10,19H,2-7,15H2,1H3. The largest absolute Gasteiger partial charge is 0.394 e. The highest BCUT2D eigenvalue weighted by atomic mass is 35.5. The first kappa shape index (κ1) is 15.3. The fourth-order valence-corrected chi connectivity index (χ4v) is 3.07. The lowest BCUT2D eigenvalue weighted by molar-refractivity contribution is 0.266. The predicted molar refractivity (Wildman–Crippen MR) is 79.2 cm³/mol. The molecule has 0 aliphatic carbocycles. The topological polar surface area (TPSA) is 84.4 Å². The van der Waals surface area contributed by atoms with Crippen LogP contribution in [0.3, 0.4) is 0 Å². The fourth-order valence-electron chi connectivity index (χ4n) is 2.82. The van der Waals surface area contributed by atoms with Crippen molar-refractivity contribution in [2.24, 2.45) is 11.7 Å². The molecule has 1 aliphatic rings. The van der Waals surface area contributed by atoms with Crippen molar-refractivity contribution in [3.05, 3.63) is 21.6 Å².